The summed E-state index contributed by atoms with van der Waals surface area (Å²) in [4.78, 5) is 0. The van der Waals surface area contributed by atoms with Crippen molar-refractivity contribution in [3.8, 4) is 6.07 Å². The highest BCUT2D eigenvalue weighted by Gasteiger charge is 2.24. The van der Waals surface area contributed by atoms with Crippen LogP contribution in [-0.4, -0.2) is 24.3 Å². The normalized spacial score (nSPS) is 27.4. The fraction of sp³-hybridized carbons (Fsp3) is 0.900. The van der Waals surface area contributed by atoms with Crippen molar-refractivity contribution in [2.75, 3.05) is 13.1 Å². The maximum absolute atomic E-state index is 9.50. The lowest BCUT2D eigenvalue weighted by atomic mass is 10.1. The summed E-state index contributed by atoms with van der Waals surface area (Å²) in [7, 11) is 0. The summed E-state index contributed by atoms with van der Waals surface area (Å²) in [5, 5.41) is 21.1. The van der Waals surface area contributed by atoms with Crippen LogP contribution in [0.5, 0.6) is 0 Å². The molecule has 3 heteroatoms. The molecule has 1 fully saturated rings. The van der Waals surface area contributed by atoms with Crippen molar-refractivity contribution in [3.63, 3.8) is 0 Å². The van der Waals surface area contributed by atoms with E-state index in [9.17, 15) is 5.11 Å². The number of rotatable bonds is 5. The first-order valence-electron chi connectivity index (χ1n) is 5.10. The van der Waals surface area contributed by atoms with Gasteiger partial charge in [-0.2, -0.15) is 5.26 Å². The van der Waals surface area contributed by atoms with Crippen LogP contribution in [0.3, 0.4) is 0 Å². The minimum atomic E-state index is -0.0940. The van der Waals surface area contributed by atoms with Gasteiger partial charge >= 0.3 is 0 Å². The molecule has 0 bridgehead atoms. The average molecular weight is 182 g/mol. The highest BCUT2D eigenvalue weighted by atomic mass is 16.3. The number of aliphatic hydroxyl groups excluding tert-OH is 1. The summed E-state index contributed by atoms with van der Waals surface area (Å²) >= 11 is 0. The van der Waals surface area contributed by atoms with Gasteiger partial charge in [0.15, 0.2) is 0 Å². The fourth-order valence-electron chi connectivity index (χ4n) is 1.84. The van der Waals surface area contributed by atoms with Gasteiger partial charge in [0.2, 0.25) is 0 Å². The Kier molecular flexibility index (Phi) is 4.81. The van der Waals surface area contributed by atoms with Crippen molar-refractivity contribution in [1.29, 1.82) is 5.26 Å². The molecule has 0 heterocycles. The second-order valence-corrected chi connectivity index (χ2v) is 3.72. The number of hydrogen-bond donors (Lipinski definition) is 2. The third kappa shape index (κ3) is 3.75. The number of nitriles is 1. The molecule has 0 spiro atoms. The van der Waals surface area contributed by atoms with Crippen LogP contribution in [0.4, 0.5) is 0 Å². The standard InChI is InChI=1S/C10H18N2O/c11-6-1-2-7-12-8-9-4-3-5-10(9)13/h9-10,12-13H,1-5,7-8H2. The molecular formula is C10H18N2O. The third-order valence-electron chi connectivity index (χ3n) is 2.67. The molecule has 0 amide bonds. The predicted octanol–water partition coefficient (Wildman–Crippen LogP) is 1.04. The maximum Gasteiger partial charge on any atom is 0.0622 e. The first-order chi connectivity index (χ1) is 6.34. The van der Waals surface area contributed by atoms with Gasteiger partial charge in [0, 0.05) is 13.0 Å². The van der Waals surface area contributed by atoms with Gasteiger partial charge in [0.25, 0.3) is 0 Å². The average Bonchev–Trinajstić information content (AvgIpc) is 2.52. The molecule has 0 saturated heterocycles. The van der Waals surface area contributed by atoms with E-state index in [1.807, 2.05) is 0 Å². The molecule has 3 nitrogen and oxygen atoms in total. The Morgan fingerprint density at radius 2 is 2.31 bits per heavy atom. The largest absolute Gasteiger partial charge is 0.393 e. The van der Waals surface area contributed by atoms with Crippen LogP contribution in [0.2, 0.25) is 0 Å². The minimum Gasteiger partial charge on any atom is -0.393 e. The summed E-state index contributed by atoms with van der Waals surface area (Å²) in [6, 6.07) is 2.12. The van der Waals surface area contributed by atoms with Gasteiger partial charge in [0.05, 0.1) is 12.2 Å². The summed E-state index contributed by atoms with van der Waals surface area (Å²) < 4.78 is 0. The van der Waals surface area contributed by atoms with Crippen LogP contribution >= 0.6 is 0 Å². The highest BCUT2D eigenvalue weighted by molar-refractivity contribution is 4.78. The minimum absolute atomic E-state index is 0.0940. The second-order valence-electron chi connectivity index (χ2n) is 3.72. The molecule has 13 heavy (non-hydrogen) atoms. The fourth-order valence-corrected chi connectivity index (χ4v) is 1.84. The number of aliphatic hydroxyl groups is 1. The molecule has 2 N–H and O–H groups in total. The zero-order valence-electron chi connectivity index (χ0n) is 8.00. The van der Waals surface area contributed by atoms with Gasteiger partial charge in [-0.15, -0.1) is 0 Å². The monoisotopic (exact) mass is 182 g/mol. The van der Waals surface area contributed by atoms with Gasteiger partial charge in [-0.1, -0.05) is 6.42 Å². The Bertz CT molecular complexity index is 176. The molecule has 2 atom stereocenters. The van der Waals surface area contributed by atoms with Crippen molar-refractivity contribution in [1.82, 2.24) is 5.32 Å². The van der Waals surface area contributed by atoms with E-state index in [0.29, 0.717) is 12.3 Å². The van der Waals surface area contributed by atoms with E-state index in [-0.39, 0.29) is 6.10 Å². The molecule has 1 aliphatic carbocycles. The Hall–Kier alpha value is -0.590. The zero-order chi connectivity index (χ0) is 9.52. The van der Waals surface area contributed by atoms with Gasteiger partial charge in [-0.05, 0) is 31.7 Å². The summed E-state index contributed by atoms with van der Waals surface area (Å²) in [6.45, 7) is 1.81. The van der Waals surface area contributed by atoms with Gasteiger partial charge in [-0.3, -0.25) is 0 Å². The second kappa shape index (κ2) is 5.95. The first-order valence-corrected chi connectivity index (χ1v) is 5.10. The zero-order valence-corrected chi connectivity index (χ0v) is 8.00. The lowest BCUT2D eigenvalue weighted by Gasteiger charge is -2.14. The maximum atomic E-state index is 9.50. The summed E-state index contributed by atoms with van der Waals surface area (Å²) in [5.74, 6) is 0.446. The SMILES string of the molecule is N#CCCCNCC1CCCC1O. The molecule has 74 valence electrons. The Labute approximate surface area is 79.8 Å². The van der Waals surface area contributed by atoms with E-state index in [4.69, 9.17) is 5.26 Å². The van der Waals surface area contributed by atoms with Crippen molar-refractivity contribution >= 4 is 0 Å². The Balaban J connectivity index is 1.96. The quantitative estimate of drug-likeness (QED) is 0.625. The van der Waals surface area contributed by atoms with Crippen LogP contribution in [0, 0.1) is 17.2 Å². The first kappa shape index (κ1) is 10.5. The Morgan fingerprint density at radius 3 is 2.92 bits per heavy atom. The van der Waals surface area contributed by atoms with E-state index >= 15 is 0 Å². The predicted molar refractivity (Wildman–Crippen MR) is 51.1 cm³/mol. The topological polar surface area (TPSA) is 56.0 Å². The van der Waals surface area contributed by atoms with Gasteiger partial charge in [0.1, 0.15) is 0 Å². The number of nitrogens with one attached hydrogen (secondary N) is 1. The Morgan fingerprint density at radius 1 is 1.46 bits per heavy atom. The van der Waals surface area contributed by atoms with Crippen LogP contribution in [-0.2, 0) is 0 Å². The van der Waals surface area contributed by atoms with Crippen LogP contribution in [0.15, 0.2) is 0 Å². The van der Waals surface area contributed by atoms with Gasteiger partial charge in [-0.25, -0.2) is 0 Å². The lowest BCUT2D eigenvalue weighted by molar-refractivity contribution is 0.132. The summed E-state index contributed by atoms with van der Waals surface area (Å²) in [5.41, 5.74) is 0. The van der Waals surface area contributed by atoms with Crippen molar-refractivity contribution in [3.05, 3.63) is 0 Å². The van der Waals surface area contributed by atoms with Crippen molar-refractivity contribution < 1.29 is 5.11 Å². The number of nitrogens with zero attached hydrogens (tertiary/aromatic N) is 1. The molecular weight excluding hydrogens is 164 g/mol. The highest BCUT2D eigenvalue weighted by Crippen LogP contribution is 2.24. The van der Waals surface area contributed by atoms with Crippen LogP contribution in [0.25, 0.3) is 0 Å². The van der Waals surface area contributed by atoms with E-state index in [1.165, 1.54) is 0 Å². The number of unbranched alkanes of at least 4 members (excludes halogenated alkanes) is 1. The molecule has 1 saturated carbocycles. The van der Waals surface area contributed by atoms with Gasteiger partial charge < -0.3 is 10.4 Å². The van der Waals surface area contributed by atoms with E-state index in [2.05, 4.69) is 11.4 Å². The third-order valence-corrected chi connectivity index (χ3v) is 2.67. The van der Waals surface area contributed by atoms with E-state index < -0.39 is 0 Å². The molecule has 0 aromatic rings. The number of hydrogen-bond acceptors (Lipinski definition) is 3. The molecule has 0 aliphatic heterocycles. The molecule has 2 unspecified atom stereocenters. The van der Waals surface area contributed by atoms with E-state index in [0.717, 1.165) is 38.8 Å². The van der Waals surface area contributed by atoms with Crippen molar-refractivity contribution in [2.24, 2.45) is 5.92 Å². The van der Waals surface area contributed by atoms with Crippen LogP contribution in [0.1, 0.15) is 32.1 Å². The smallest absolute Gasteiger partial charge is 0.0622 e. The summed E-state index contributed by atoms with van der Waals surface area (Å²) in [6.07, 6.45) is 4.71. The van der Waals surface area contributed by atoms with Crippen LogP contribution < -0.4 is 5.32 Å². The molecule has 0 radical (unpaired) electrons. The lowest BCUT2D eigenvalue weighted by Crippen LogP contribution is -2.28. The molecule has 0 aromatic heterocycles. The molecule has 0 aromatic carbocycles. The molecule has 1 aliphatic rings. The van der Waals surface area contributed by atoms with Crippen molar-refractivity contribution in [2.45, 2.75) is 38.2 Å². The molecule has 1 rings (SSSR count). The van der Waals surface area contributed by atoms with E-state index in [1.54, 1.807) is 0 Å².